The number of hydrogen-bond donors (Lipinski definition) is 1. The summed E-state index contributed by atoms with van der Waals surface area (Å²) >= 11 is 0. The average molecular weight is 267 g/mol. The number of nitrogens with zero attached hydrogens (tertiary/aromatic N) is 1. The number of unbranched alkanes of at least 4 members (excludes halogenated alkanes) is 1. The summed E-state index contributed by atoms with van der Waals surface area (Å²) in [7, 11) is 1.74. The van der Waals surface area contributed by atoms with Crippen LogP contribution < -0.4 is 0 Å². The predicted molar refractivity (Wildman–Crippen MR) is 73.5 cm³/mol. The molecule has 0 saturated heterocycles. The largest absolute Gasteiger partial charge is 0.480 e. The van der Waals surface area contributed by atoms with Crippen LogP contribution in [0.1, 0.15) is 44.7 Å². The van der Waals surface area contributed by atoms with Gasteiger partial charge in [0.1, 0.15) is 11.9 Å². The standard InChI is InChI=1S/C15H22FNO2/c1-4-5-10-14(15(18)19)17(3)11(2)12-8-6-7-9-13(12)16/h6-9,11,14H,4-5,10H2,1-3H3,(H,18,19). The van der Waals surface area contributed by atoms with E-state index in [1.807, 2.05) is 13.8 Å². The first kappa shape index (κ1) is 15.6. The zero-order valence-corrected chi connectivity index (χ0v) is 11.8. The SMILES string of the molecule is CCCCC(C(=O)O)N(C)C(C)c1ccccc1F. The minimum absolute atomic E-state index is 0.265. The number of benzene rings is 1. The van der Waals surface area contributed by atoms with E-state index < -0.39 is 12.0 Å². The maximum atomic E-state index is 13.7. The van der Waals surface area contributed by atoms with Gasteiger partial charge in [-0.2, -0.15) is 0 Å². The zero-order chi connectivity index (χ0) is 14.4. The highest BCUT2D eigenvalue weighted by Gasteiger charge is 2.27. The molecule has 3 nitrogen and oxygen atoms in total. The predicted octanol–water partition coefficient (Wildman–Crippen LogP) is 3.46. The fourth-order valence-corrected chi connectivity index (χ4v) is 2.20. The summed E-state index contributed by atoms with van der Waals surface area (Å²) in [5, 5.41) is 9.30. The number of likely N-dealkylation sites (N-methyl/N-ethyl adjacent to an activating group) is 1. The van der Waals surface area contributed by atoms with Gasteiger partial charge in [-0.15, -0.1) is 0 Å². The number of hydrogen-bond acceptors (Lipinski definition) is 2. The van der Waals surface area contributed by atoms with Gasteiger partial charge in [0, 0.05) is 11.6 Å². The van der Waals surface area contributed by atoms with Crippen molar-refractivity contribution in [1.82, 2.24) is 4.90 Å². The Bertz CT molecular complexity index is 422. The zero-order valence-electron chi connectivity index (χ0n) is 11.8. The molecule has 1 rings (SSSR count). The molecule has 0 aromatic heterocycles. The molecule has 0 aliphatic carbocycles. The van der Waals surface area contributed by atoms with Crippen molar-refractivity contribution in [3.05, 3.63) is 35.6 Å². The highest BCUT2D eigenvalue weighted by molar-refractivity contribution is 5.73. The molecule has 0 spiro atoms. The number of carboxylic acid groups (broad SMARTS) is 1. The molecule has 2 atom stereocenters. The molecule has 0 aliphatic rings. The van der Waals surface area contributed by atoms with Crippen molar-refractivity contribution in [3.8, 4) is 0 Å². The molecule has 0 saturated carbocycles. The summed E-state index contributed by atoms with van der Waals surface area (Å²) in [5.41, 5.74) is 0.535. The summed E-state index contributed by atoms with van der Waals surface area (Å²) in [5.74, 6) is -1.14. The first-order valence-electron chi connectivity index (χ1n) is 6.68. The van der Waals surface area contributed by atoms with E-state index in [-0.39, 0.29) is 11.9 Å². The normalized spacial score (nSPS) is 14.4. The van der Waals surface area contributed by atoms with Gasteiger partial charge >= 0.3 is 5.97 Å². The molecule has 1 aromatic rings. The lowest BCUT2D eigenvalue weighted by molar-refractivity contribution is -0.144. The van der Waals surface area contributed by atoms with Gasteiger partial charge in [0.05, 0.1) is 0 Å². The second-order valence-electron chi connectivity index (χ2n) is 4.86. The van der Waals surface area contributed by atoms with Crippen LogP contribution in [0, 0.1) is 5.82 Å². The van der Waals surface area contributed by atoms with Gasteiger partial charge in [-0.05, 0) is 26.5 Å². The Morgan fingerprint density at radius 1 is 1.42 bits per heavy atom. The minimum Gasteiger partial charge on any atom is -0.480 e. The monoisotopic (exact) mass is 267 g/mol. The Hall–Kier alpha value is -1.42. The molecule has 0 fully saturated rings. The third-order valence-electron chi connectivity index (χ3n) is 3.57. The first-order chi connectivity index (χ1) is 8.99. The van der Waals surface area contributed by atoms with Crippen molar-refractivity contribution in [1.29, 1.82) is 0 Å². The summed E-state index contributed by atoms with van der Waals surface area (Å²) in [6.07, 6.45) is 2.39. The van der Waals surface area contributed by atoms with Crippen molar-refractivity contribution in [3.63, 3.8) is 0 Å². The Kier molecular flexibility index (Phi) is 5.96. The van der Waals surface area contributed by atoms with Gasteiger partial charge in [0.2, 0.25) is 0 Å². The smallest absolute Gasteiger partial charge is 0.320 e. The molecule has 19 heavy (non-hydrogen) atoms. The fraction of sp³-hybridized carbons (Fsp3) is 0.533. The van der Waals surface area contributed by atoms with Crippen LogP contribution in [0.5, 0.6) is 0 Å². The lowest BCUT2D eigenvalue weighted by Crippen LogP contribution is -2.40. The molecule has 0 radical (unpaired) electrons. The number of halogens is 1. The van der Waals surface area contributed by atoms with Gasteiger partial charge in [0.25, 0.3) is 0 Å². The second kappa shape index (κ2) is 7.24. The van der Waals surface area contributed by atoms with Crippen molar-refractivity contribution >= 4 is 5.97 Å². The van der Waals surface area contributed by atoms with E-state index in [9.17, 15) is 14.3 Å². The molecule has 1 N–H and O–H groups in total. The third kappa shape index (κ3) is 4.03. The number of aliphatic carboxylic acids is 1. The van der Waals surface area contributed by atoms with Crippen LogP contribution in [0.2, 0.25) is 0 Å². The van der Waals surface area contributed by atoms with Gasteiger partial charge in [-0.25, -0.2) is 4.39 Å². The molecular formula is C15H22FNO2. The van der Waals surface area contributed by atoms with E-state index in [0.717, 1.165) is 12.8 Å². The molecule has 0 amide bonds. The van der Waals surface area contributed by atoms with E-state index in [1.165, 1.54) is 6.07 Å². The molecule has 1 aromatic carbocycles. The van der Waals surface area contributed by atoms with Crippen molar-refractivity contribution in [2.75, 3.05) is 7.05 Å². The van der Waals surface area contributed by atoms with E-state index in [0.29, 0.717) is 12.0 Å². The Morgan fingerprint density at radius 2 is 2.05 bits per heavy atom. The van der Waals surface area contributed by atoms with Crippen LogP contribution in [0.4, 0.5) is 4.39 Å². The van der Waals surface area contributed by atoms with E-state index in [1.54, 1.807) is 30.1 Å². The maximum Gasteiger partial charge on any atom is 0.320 e. The molecule has 0 bridgehead atoms. The lowest BCUT2D eigenvalue weighted by atomic mass is 10.0. The topological polar surface area (TPSA) is 40.5 Å². The van der Waals surface area contributed by atoms with Gasteiger partial charge in [-0.1, -0.05) is 38.0 Å². The summed E-state index contributed by atoms with van der Waals surface area (Å²) in [4.78, 5) is 13.1. The van der Waals surface area contributed by atoms with Gasteiger partial charge in [-0.3, -0.25) is 9.69 Å². The van der Waals surface area contributed by atoms with Crippen LogP contribution in [-0.4, -0.2) is 29.1 Å². The van der Waals surface area contributed by atoms with Crippen LogP contribution in [-0.2, 0) is 4.79 Å². The Labute approximate surface area is 114 Å². The number of carboxylic acids is 1. The van der Waals surface area contributed by atoms with Crippen molar-refractivity contribution < 1.29 is 14.3 Å². The molecular weight excluding hydrogens is 245 g/mol. The van der Waals surface area contributed by atoms with Crippen molar-refractivity contribution in [2.24, 2.45) is 0 Å². The van der Waals surface area contributed by atoms with Gasteiger partial charge in [0.15, 0.2) is 0 Å². The van der Waals surface area contributed by atoms with Crippen LogP contribution in [0.25, 0.3) is 0 Å². The summed E-state index contributed by atoms with van der Waals surface area (Å²) in [6.45, 7) is 3.86. The van der Waals surface area contributed by atoms with E-state index in [4.69, 9.17) is 0 Å². The molecule has 2 unspecified atom stereocenters. The molecule has 4 heteroatoms. The highest BCUT2D eigenvalue weighted by atomic mass is 19.1. The van der Waals surface area contributed by atoms with Crippen LogP contribution in [0.3, 0.4) is 0 Å². The first-order valence-corrected chi connectivity index (χ1v) is 6.68. The summed E-state index contributed by atoms with van der Waals surface area (Å²) in [6, 6.07) is 5.67. The lowest BCUT2D eigenvalue weighted by Gasteiger charge is -2.31. The van der Waals surface area contributed by atoms with Crippen molar-refractivity contribution in [2.45, 2.75) is 45.2 Å². The number of carbonyl (C=O) groups is 1. The molecule has 0 aliphatic heterocycles. The fourth-order valence-electron chi connectivity index (χ4n) is 2.20. The Balaban J connectivity index is 2.87. The second-order valence-corrected chi connectivity index (χ2v) is 4.86. The minimum atomic E-state index is -0.848. The quantitative estimate of drug-likeness (QED) is 0.822. The van der Waals surface area contributed by atoms with E-state index in [2.05, 4.69) is 0 Å². The Morgan fingerprint density at radius 3 is 2.58 bits per heavy atom. The van der Waals surface area contributed by atoms with E-state index >= 15 is 0 Å². The summed E-state index contributed by atoms with van der Waals surface area (Å²) < 4.78 is 13.7. The van der Waals surface area contributed by atoms with Crippen LogP contribution in [0.15, 0.2) is 24.3 Å². The highest BCUT2D eigenvalue weighted by Crippen LogP contribution is 2.25. The average Bonchev–Trinajstić information content (AvgIpc) is 2.38. The number of rotatable bonds is 7. The third-order valence-corrected chi connectivity index (χ3v) is 3.57. The molecule has 0 heterocycles. The molecule has 106 valence electrons. The maximum absolute atomic E-state index is 13.7. The van der Waals surface area contributed by atoms with Crippen LogP contribution >= 0.6 is 0 Å². The van der Waals surface area contributed by atoms with Gasteiger partial charge < -0.3 is 5.11 Å².